The summed E-state index contributed by atoms with van der Waals surface area (Å²) in [6.45, 7) is 15.8. The van der Waals surface area contributed by atoms with Crippen LogP contribution in [0.3, 0.4) is 0 Å². The normalized spacial score (nSPS) is 15.4. The summed E-state index contributed by atoms with van der Waals surface area (Å²) >= 11 is 0. The van der Waals surface area contributed by atoms with Crippen LogP contribution in [-0.4, -0.2) is 69.2 Å². The van der Waals surface area contributed by atoms with Gasteiger partial charge in [0, 0.05) is 30.8 Å². The third kappa shape index (κ3) is 5.83. The van der Waals surface area contributed by atoms with Gasteiger partial charge in [-0.05, 0) is 49.9 Å². The largest absolute Gasteiger partial charge is 0.491 e. The lowest BCUT2D eigenvalue weighted by atomic mass is 9.84. The first-order valence-corrected chi connectivity index (χ1v) is 13.7. The predicted molar refractivity (Wildman–Crippen MR) is 150 cm³/mol. The van der Waals surface area contributed by atoms with E-state index in [0.717, 1.165) is 17.0 Å². The molecular weight excluding hydrogens is 501 g/mol. The van der Waals surface area contributed by atoms with Gasteiger partial charge in [-0.3, -0.25) is 10.2 Å². The van der Waals surface area contributed by atoms with Gasteiger partial charge in [0.05, 0.1) is 50.8 Å². The van der Waals surface area contributed by atoms with Crippen LogP contribution in [0.5, 0.6) is 17.2 Å². The number of morpholine rings is 1. The molecule has 2 aliphatic rings. The molecule has 0 radical (unpaired) electrons. The van der Waals surface area contributed by atoms with E-state index in [2.05, 4.69) is 25.7 Å². The van der Waals surface area contributed by atoms with Crippen LogP contribution in [0.1, 0.15) is 68.6 Å². The molecule has 212 valence electrons. The van der Waals surface area contributed by atoms with Crippen LogP contribution in [0.2, 0.25) is 0 Å². The Kier molecular flexibility index (Phi) is 8.69. The number of nitrogens with zero attached hydrogens (tertiary/aromatic N) is 2. The minimum absolute atomic E-state index is 0.00696. The van der Waals surface area contributed by atoms with Crippen LogP contribution < -0.4 is 19.1 Å². The molecule has 1 saturated heterocycles. The number of ether oxygens (including phenoxy) is 4. The molecule has 0 amide bonds. The molecule has 39 heavy (non-hydrogen) atoms. The third-order valence-corrected chi connectivity index (χ3v) is 6.95. The first-order chi connectivity index (χ1) is 18.6. The van der Waals surface area contributed by atoms with E-state index in [1.165, 1.54) is 0 Å². The topological polar surface area (TPSA) is 84.3 Å². The van der Waals surface area contributed by atoms with Crippen LogP contribution in [0.4, 0.5) is 10.1 Å². The van der Waals surface area contributed by atoms with E-state index in [0.29, 0.717) is 56.4 Å². The maximum absolute atomic E-state index is 15.5. The molecule has 0 spiro atoms. The van der Waals surface area contributed by atoms with Crippen LogP contribution in [0.25, 0.3) is 0 Å². The molecule has 9 heteroatoms. The van der Waals surface area contributed by atoms with E-state index in [9.17, 15) is 4.79 Å². The van der Waals surface area contributed by atoms with Crippen molar-refractivity contribution >= 4 is 17.3 Å². The van der Waals surface area contributed by atoms with Crippen LogP contribution in [-0.2, 0) is 16.7 Å². The molecule has 2 aromatic carbocycles. The van der Waals surface area contributed by atoms with Crippen molar-refractivity contribution in [1.29, 1.82) is 5.41 Å². The van der Waals surface area contributed by atoms with Crippen molar-refractivity contribution in [2.45, 2.75) is 53.5 Å². The Labute approximate surface area is 230 Å². The number of halogens is 1. The SMILES string of the molecule is CCOc1cc2c(c(F)c1OCC)C(=N)N(CC(=O)c1cc(N3CCOCC3)c(OCC)c(C(C)(C)C)c1)C2. The number of anilines is 1. The summed E-state index contributed by atoms with van der Waals surface area (Å²) in [6, 6.07) is 5.52. The minimum atomic E-state index is -0.622. The molecule has 2 aromatic rings. The lowest BCUT2D eigenvalue weighted by molar-refractivity contribution is 0.0962. The van der Waals surface area contributed by atoms with E-state index >= 15 is 4.39 Å². The number of nitrogens with one attached hydrogen (secondary N) is 1. The number of hydrogen-bond acceptors (Lipinski definition) is 7. The lowest BCUT2D eigenvalue weighted by Gasteiger charge is -2.33. The van der Waals surface area contributed by atoms with Gasteiger partial charge in [0.2, 0.25) is 0 Å². The molecule has 8 nitrogen and oxygen atoms in total. The zero-order chi connectivity index (χ0) is 28.3. The highest BCUT2D eigenvalue weighted by Crippen LogP contribution is 2.42. The Morgan fingerprint density at radius 1 is 1.00 bits per heavy atom. The van der Waals surface area contributed by atoms with E-state index < -0.39 is 5.82 Å². The third-order valence-electron chi connectivity index (χ3n) is 6.95. The number of ketones is 1. The molecule has 2 aliphatic heterocycles. The van der Waals surface area contributed by atoms with Gasteiger partial charge >= 0.3 is 0 Å². The number of fused-ring (bicyclic) bond motifs is 1. The van der Waals surface area contributed by atoms with E-state index in [1.807, 2.05) is 26.0 Å². The molecule has 0 aliphatic carbocycles. The van der Waals surface area contributed by atoms with Gasteiger partial charge in [0.15, 0.2) is 23.1 Å². The zero-order valence-corrected chi connectivity index (χ0v) is 23.9. The van der Waals surface area contributed by atoms with Gasteiger partial charge in [-0.25, -0.2) is 4.39 Å². The maximum atomic E-state index is 15.5. The average molecular weight is 542 g/mol. The summed E-state index contributed by atoms with van der Waals surface area (Å²) < 4.78 is 38.3. The van der Waals surface area contributed by atoms with Crippen molar-refractivity contribution in [1.82, 2.24) is 4.90 Å². The highest BCUT2D eigenvalue weighted by atomic mass is 19.1. The Bertz CT molecular complexity index is 1230. The number of amidine groups is 1. The first kappa shape index (κ1) is 28.7. The summed E-state index contributed by atoms with van der Waals surface area (Å²) in [5, 5.41) is 8.71. The molecule has 2 heterocycles. The summed E-state index contributed by atoms with van der Waals surface area (Å²) in [5.74, 6) is 0.309. The van der Waals surface area contributed by atoms with Crippen LogP contribution in [0.15, 0.2) is 18.2 Å². The highest BCUT2D eigenvalue weighted by molar-refractivity contribution is 6.06. The maximum Gasteiger partial charge on any atom is 0.197 e. The number of Topliss-reactive ketones (excluding diaryl/α,β-unsaturated/α-hetero) is 1. The zero-order valence-electron chi connectivity index (χ0n) is 23.9. The van der Waals surface area contributed by atoms with Gasteiger partial charge in [-0.2, -0.15) is 0 Å². The molecule has 1 N–H and O–H groups in total. The standard InChI is InChI=1S/C30H40FN3O5/c1-7-37-24-16-20-17-34(29(32)25(20)26(31)28(24)39-9-3)18-23(35)19-14-21(30(4,5)6)27(38-8-2)22(15-19)33-10-12-36-13-11-33/h14-16,32H,7-13,17-18H2,1-6H3. The van der Waals surface area contributed by atoms with E-state index in [4.69, 9.17) is 24.4 Å². The quantitative estimate of drug-likeness (QED) is 0.415. The van der Waals surface area contributed by atoms with Crippen molar-refractivity contribution in [3.63, 3.8) is 0 Å². The number of hydrogen-bond donors (Lipinski definition) is 1. The van der Waals surface area contributed by atoms with Gasteiger partial charge in [0.25, 0.3) is 0 Å². The number of benzene rings is 2. The molecule has 0 unspecified atom stereocenters. The Morgan fingerprint density at radius 3 is 2.26 bits per heavy atom. The highest BCUT2D eigenvalue weighted by Gasteiger charge is 2.34. The fourth-order valence-corrected chi connectivity index (χ4v) is 5.09. The molecule has 1 fully saturated rings. The van der Waals surface area contributed by atoms with Crippen molar-refractivity contribution in [2.75, 3.05) is 57.6 Å². The fraction of sp³-hybridized carbons (Fsp3) is 0.533. The second-order valence-corrected chi connectivity index (χ2v) is 10.7. The van der Waals surface area contributed by atoms with Gasteiger partial charge in [0.1, 0.15) is 11.6 Å². The minimum Gasteiger partial charge on any atom is -0.491 e. The van der Waals surface area contributed by atoms with Gasteiger partial charge in [-0.1, -0.05) is 20.8 Å². The van der Waals surface area contributed by atoms with Crippen LogP contribution >= 0.6 is 0 Å². The van der Waals surface area contributed by atoms with Crippen LogP contribution in [0, 0.1) is 11.2 Å². The summed E-state index contributed by atoms with van der Waals surface area (Å²) in [4.78, 5) is 17.5. The summed E-state index contributed by atoms with van der Waals surface area (Å²) in [5.41, 5.74) is 2.86. The molecule has 0 aromatic heterocycles. The smallest absolute Gasteiger partial charge is 0.197 e. The van der Waals surface area contributed by atoms with Crippen molar-refractivity contribution in [2.24, 2.45) is 0 Å². The number of rotatable bonds is 10. The van der Waals surface area contributed by atoms with E-state index in [-0.39, 0.29) is 48.0 Å². The number of carbonyl (C=O) groups is 1. The predicted octanol–water partition coefficient (Wildman–Crippen LogP) is 5.18. The molecule has 0 bridgehead atoms. The monoisotopic (exact) mass is 541 g/mol. The summed E-state index contributed by atoms with van der Waals surface area (Å²) in [7, 11) is 0. The molecular formula is C30H40FN3O5. The Hall–Kier alpha value is -3.33. The van der Waals surface area contributed by atoms with Gasteiger partial charge < -0.3 is 28.7 Å². The second-order valence-electron chi connectivity index (χ2n) is 10.7. The molecule has 0 saturated carbocycles. The molecule has 4 rings (SSSR count). The second kappa shape index (κ2) is 11.8. The fourth-order valence-electron chi connectivity index (χ4n) is 5.09. The van der Waals surface area contributed by atoms with E-state index in [1.54, 1.807) is 17.9 Å². The average Bonchev–Trinajstić information content (AvgIpc) is 3.21. The Balaban J connectivity index is 1.68. The lowest BCUT2D eigenvalue weighted by Crippen LogP contribution is -2.37. The summed E-state index contributed by atoms with van der Waals surface area (Å²) in [6.07, 6.45) is 0. The Morgan fingerprint density at radius 2 is 1.64 bits per heavy atom. The van der Waals surface area contributed by atoms with Crippen molar-refractivity contribution in [3.05, 3.63) is 46.3 Å². The van der Waals surface area contributed by atoms with Crippen molar-refractivity contribution < 1.29 is 28.1 Å². The van der Waals surface area contributed by atoms with Gasteiger partial charge in [-0.15, -0.1) is 0 Å². The first-order valence-electron chi connectivity index (χ1n) is 13.7. The molecule has 0 atom stereocenters. The number of carbonyl (C=O) groups excluding carboxylic acids is 1. The van der Waals surface area contributed by atoms with Crippen molar-refractivity contribution in [3.8, 4) is 17.2 Å².